The van der Waals surface area contributed by atoms with Gasteiger partial charge in [-0.1, -0.05) is 33.8 Å². The molecule has 0 aliphatic rings. The van der Waals surface area contributed by atoms with Crippen LogP contribution in [0.1, 0.15) is 34.1 Å². The van der Waals surface area contributed by atoms with Crippen LogP contribution in [0.3, 0.4) is 0 Å². The van der Waals surface area contributed by atoms with Crippen LogP contribution in [0.15, 0.2) is 12.7 Å². The van der Waals surface area contributed by atoms with E-state index in [4.69, 9.17) is 5.11 Å². The van der Waals surface area contributed by atoms with E-state index < -0.39 is 35.8 Å². The smallest absolute Gasteiger partial charge is 0.392 e. The van der Waals surface area contributed by atoms with Gasteiger partial charge in [-0.25, -0.2) is 0 Å². The third kappa shape index (κ3) is 4.35. The zero-order valence-electron chi connectivity index (χ0n) is 11.2. The molecule has 0 rings (SSSR count). The van der Waals surface area contributed by atoms with Gasteiger partial charge in [-0.05, 0) is 17.8 Å². The van der Waals surface area contributed by atoms with E-state index in [1.54, 1.807) is 13.8 Å². The van der Waals surface area contributed by atoms with Gasteiger partial charge >= 0.3 is 12.1 Å². The van der Waals surface area contributed by atoms with Crippen molar-refractivity contribution in [2.45, 2.75) is 40.3 Å². The third-order valence-electron chi connectivity index (χ3n) is 3.43. The normalized spacial score (nSPS) is 16.4. The molecule has 0 fully saturated rings. The van der Waals surface area contributed by atoms with Crippen LogP contribution in [0.2, 0.25) is 0 Å². The van der Waals surface area contributed by atoms with E-state index in [0.717, 1.165) is 0 Å². The Morgan fingerprint density at radius 3 is 2.00 bits per heavy atom. The van der Waals surface area contributed by atoms with Gasteiger partial charge in [0.25, 0.3) is 0 Å². The number of hydrogen-bond donors (Lipinski definition) is 1. The molecule has 0 aromatic rings. The number of carbonyl (C=O) groups is 1. The first-order chi connectivity index (χ1) is 7.93. The molecule has 0 radical (unpaired) electrons. The summed E-state index contributed by atoms with van der Waals surface area (Å²) in [4.78, 5) is 11.0. The lowest BCUT2D eigenvalue weighted by Gasteiger charge is -2.35. The number of carboxylic acid groups (broad SMARTS) is 1. The van der Waals surface area contributed by atoms with Gasteiger partial charge in [-0.3, -0.25) is 4.79 Å². The standard InChI is InChI=1S/C13H21F3O2/c1-6-12(4,5)10(13(14,15)16)7-9(8(2)3)11(17)18/h6,8-10H,1,7H2,2-5H3,(H,17,18)/t9-,10-/m0/s1. The molecular formula is C13H21F3O2. The first kappa shape index (κ1) is 17.0. The highest BCUT2D eigenvalue weighted by atomic mass is 19.4. The number of hydrogen-bond acceptors (Lipinski definition) is 1. The number of allylic oxidation sites excluding steroid dienone is 1. The number of carboxylic acids is 1. The van der Waals surface area contributed by atoms with Crippen molar-refractivity contribution in [1.82, 2.24) is 0 Å². The van der Waals surface area contributed by atoms with Gasteiger partial charge in [0, 0.05) is 0 Å². The van der Waals surface area contributed by atoms with Crippen LogP contribution in [-0.2, 0) is 4.79 Å². The molecule has 0 bridgehead atoms. The van der Waals surface area contributed by atoms with Crippen LogP contribution >= 0.6 is 0 Å². The second kappa shape index (κ2) is 5.76. The van der Waals surface area contributed by atoms with Gasteiger partial charge in [-0.15, -0.1) is 6.58 Å². The first-order valence-electron chi connectivity index (χ1n) is 5.86. The Morgan fingerprint density at radius 2 is 1.78 bits per heavy atom. The molecule has 18 heavy (non-hydrogen) atoms. The molecule has 2 nitrogen and oxygen atoms in total. The Balaban J connectivity index is 5.25. The Hall–Kier alpha value is -1.00. The van der Waals surface area contributed by atoms with E-state index in [1.807, 2.05) is 0 Å². The summed E-state index contributed by atoms with van der Waals surface area (Å²) >= 11 is 0. The molecule has 5 heteroatoms. The summed E-state index contributed by atoms with van der Waals surface area (Å²) in [5.41, 5.74) is -1.18. The van der Waals surface area contributed by atoms with E-state index in [1.165, 1.54) is 19.9 Å². The summed E-state index contributed by atoms with van der Waals surface area (Å²) in [7, 11) is 0. The Kier molecular flexibility index (Phi) is 5.44. The molecule has 2 atom stereocenters. The molecular weight excluding hydrogens is 245 g/mol. The zero-order chi connectivity index (χ0) is 14.7. The van der Waals surface area contributed by atoms with Crippen LogP contribution in [0.5, 0.6) is 0 Å². The minimum Gasteiger partial charge on any atom is -0.481 e. The average molecular weight is 266 g/mol. The van der Waals surface area contributed by atoms with E-state index >= 15 is 0 Å². The van der Waals surface area contributed by atoms with Crippen molar-refractivity contribution in [2.75, 3.05) is 0 Å². The molecule has 0 heterocycles. The van der Waals surface area contributed by atoms with Crippen molar-refractivity contribution in [3.8, 4) is 0 Å². The van der Waals surface area contributed by atoms with E-state index in [9.17, 15) is 18.0 Å². The molecule has 0 aromatic carbocycles. The lowest BCUT2D eigenvalue weighted by Crippen LogP contribution is -2.39. The lowest BCUT2D eigenvalue weighted by atomic mass is 9.72. The van der Waals surface area contributed by atoms with E-state index in [0.29, 0.717) is 0 Å². The van der Waals surface area contributed by atoms with Crippen molar-refractivity contribution >= 4 is 5.97 Å². The maximum atomic E-state index is 13.0. The maximum absolute atomic E-state index is 13.0. The second-order valence-electron chi connectivity index (χ2n) is 5.54. The fraction of sp³-hybridized carbons (Fsp3) is 0.769. The highest BCUT2D eigenvalue weighted by Gasteiger charge is 2.49. The quantitative estimate of drug-likeness (QED) is 0.734. The highest BCUT2D eigenvalue weighted by molar-refractivity contribution is 5.70. The fourth-order valence-electron chi connectivity index (χ4n) is 1.91. The molecule has 0 spiro atoms. The van der Waals surface area contributed by atoms with Gasteiger partial charge in [0.15, 0.2) is 0 Å². The molecule has 0 saturated heterocycles. The minimum absolute atomic E-state index is 0.340. The second-order valence-corrected chi connectivity index (χ2v) is 5.54. The van der Waals surface area contributed by atoms with Crippen molar-refractivity contribution < 1.29 is 23.1 Å². The van der Waals surface area contributed by atoms with Gasteiger partial charge < -0.3 is 5.11 Å². The van der Waals surface area contributed by atoms with Gasteiger partial charge in [0.2, 0.25) is 0 Å². The van der Waals surface area contributed by atoms with Crippen LogP contribution < -0.4 is 0 Å². The van der Waals surface area contributed by atoms with Crippen molar-refractivity contribution in [3.63, 3.8) is 0 Å². The zero-order valence-corrected chi connectivity index (χ0v) is 11.2. The van der Waals surface area contributed by atoms with E-state index in [2.05, 4.69) is 6.58 Å². The average Bonchev–Trinajstić information content (AvgIpc) is 2.14. The number of alkyl halides is 3. The molecule has 0 amide bonds. The third-order valence-corrected chi connectivity index (χ3v) is 3.43. The number of halogens is 3. The molecule has 0 unspecified atom stereocenters. The summed E-state index contributed by atoms with van der Waals surface area (Å²) in [6.45, 7) is 9.51. The van der Waals surface area contributed by atoms with Crippen LogP contribution in [0.4, 0.5) is 13.2 Å². The van der Waals surface area contributed by atoms with Crippen LogP contribution in [-0.4, -0.2) is 17.3 Å². The Bertz CT molecular complexity index is 306. The first-order valence-corrected chi connectivity index (χ1v) is 5.86. The van der Waals surface area contributed by atoms with Crippen molar-refractivity contribution in [3.05, 3.63) is 12.7 Å². The number of aliphatic carboxylic acids is 1. The summed E-state index contributed by atoms with van der Waals surface area (Å²) in [6, 6.07) is 0. The molecule has 0 saturated carbocycles. The largest absolute Gasteiger partial charge is 0.481 e. The van der Waals surface area contributed by atoms with Gasteiger partial charge in [0.1, 0.15) is 0 Å². The predicted octanol–water partition coefficient (Wildman–Crippen LogP) is 4.12. The molecule has 0 aliphatic carbocycles. The van der Waals surface area contributed by atoms with Gasteiger partial charge in [-0.2, -0.15) is 13.2 Å². The highest BCUT2D eigenvalue weighted by Crippen LogP contribution is 2.45. The molecule has 0 aliphatic heterocycles. The molecule has 0 aromatic heterocycles. The molecule has 106 valence electrons. The Labute approximate surface area is 106 Å². The van der Waals surface area contributed by atoms with Crippen molar-refractivity contribution in [1.29, 1.82) is 0 Å². The van der Waals surface area contributed by atoms with Crippen LogP contribution in [0, 0.1) is 23.2 Å². The van der Waals surface area contributed by atoms with E-state index in [-0.39, 0.29) is 5.92 Å². The van der Waals surface area contributed by atoms with Crippen LogP contribution in [0.25, 0.3) is 0 Å². The maximum Gasteiger partial charge on any atom is 0.392 e. The summed E-state index contributed by atoms with van der Waals surface area (Å²) in [5.74, 6) is -4.23. The SMILES string of the molecule is C=CC(C)(C)[C@H](C[C@H](C(=O)O)C(C)C)C(F)(F)F. The van der Waals surface area contributed by atoms with Crippen molar-refractivity contribution in [2.24, 2.45) is 23.2 Å². The monoisotopic (exact) mass is 266 g/mol. The minimum atomic E-state index is -4.43. The lowest BCUT2D eigenvalue weighted by molar-refractivity contribution is -0.203. The summed E-state index contributed by atoms with van der Waals surface area (Å²) in [6.07, 6.45) is -3.61. The predicted molar refractivity (Wildman–Crippen MR) is 64.1 cm³/mol. The van der Waals surface area contributed by atoms with Gasteiger partial charge in [0.05, 0.1) is 11.8 Å². The molecule has 1 N–H and O–H groups in total. The fourth-order valence-corrected chi connectivity index (χ4v) is 1.91. The number of rotatable bonds is 6. The summed E-state index contributed by atoms with van der Waals surface area (Å²) < 4.78 is 39.1. The Morgan fingerprint density at radius 1 is 1.33 bits per heavy atom. The topological polar surface area (TPSA) is 37.3 Å². The summed E-state index contributed by atoms with van der Waals surface area (Å²) in [5, 5.41) is 9.00.